The normalized spacial score (nSPS) is 21.6. The predicted octanol–water partition coefficient (Wildman–Crippen LogP) is 1.69. The van der Waals surface area contributed by atoms with Gasteiger partial charge in [-0.25, -0.2) is 4.39 Å². The van der Waals surface area contributed by atoms with E-state index in [0.29, 0.717) is 6.04 Å². The summed E-state index contributed by atoms with van der Waals surface area (Å²) in [5, 5.41) is 6.66. The van der Waals surface area contributed by atoms with Crippen LogP contribution in [-0.4, -0.2) is 25.7 Å². The average Bonchev–Trinajstić information content (AvgIpc) is 2.25. The first-order chi connectivity index (χ1) is 7.25. The third-order valence-electron chi connectivity index (χ3n) is 2.60. The zero-order valence-electron chi connectivity index (χ0n) is 8.39. The summed E-state index contributed by atoms with van der Waals surface area (Å²) in [6.07, 6.45) is 0.734. The van der Waals surface area contributed by atoms with E-state index < -0.39 is 0 Å². The second-order valence-electron chi connectivity index (χ2n) is 3.80. The molecule has 15 heavy (non-hydrogen) atoms. The summed E-state index contributed by atoms with van der Waals surface area (Å²) >= 11 is 3.36. The monoisotopic (exact) mass is 272 g/mol. The van der Waals surface area contributed by atoms with Crippen molar-refractivity contribution < 1.29 is 4.39 Å². The fourth-order valence-corrected chi connectivity index (χ4v) is 2.23. The molecule has 4 heteroatoms. The largest absolute Gasteiger partial charge is 0.314 e. The number of rotatable bonds is 2. The first kappa shape index (κ1) is 11.0. The Bertz CT molecular complexity index is 337. The molecule has 0 radical (unpaired) electrons. The molecule has 0 saturated carbocycles. The number of halogens is 2. The summed E-state index contributed by atoms with van der Waals surface area (Å²) in [6.45, 7) is 2.86. The maximum Gasteiger partial charge on any atom is 0.126 e. The van der Waals surface area contributed by atoms with Crippen LogP contribution in [0.2, 0.25) is 0 Å². The summed E-state index contributed by atoms with van der Waals surface area (Å²) in [5.41, 5.74) is 0.769. The van der Waals surface area contributed by atoms with E-state index in [4.69, 9.17) is 0 Å². The molecule has 82 valence electrons. The molecule has 1 aliphatic heterocycles. The standard InChI is InChI=1S/C11H14BrFN2/c12-9-1-2-11(13)8(5-9)6-10-7-14-3-4-15-10/h1-2,5,10,14-15H,3-4,6-7H2. The van der Waals surface area contributed by atoms with Crippen LogP contribution >= 0.6 is 15.9 Å². The van der Waals surface area contributed by atoms with Crippen molar-refractivity contribution >= 4 is 15.9 Å². The van der Waals surface area contributed by atoms with Gasteiger partial charge in [0.05, 0.1) is 0 Å². The maximum atomic E-state index is 13.5. The van der Waals surface area contributed by atoms with E-state index in [2.05, 4.69) is 26.6 Å². The van der Waals surface area contributed by atoms with Gasteiger partial charge < -0.3 is 10.6 Å². The van der Waals surface area contributed by atoms with Crippen LogP contribution in [0.1, 0.15) is 5.56 Å². The molecule has 0 amide bonds. The van der Waals surface area contributed by atoms with Gasteiger partial charge in [-0.2, -0.15) is 0 Å². The van der Waals surface area contributed by atoms with Crippen molar-refractivity contribution in [1.82, 2.24) is 10.6 Å². The number of hydrogen-bond acceptors (Lipinski definition) is 2. The Morgan fingerprint density at radius 1 is 1.40 bits per heavy atom. The van der Waals surface area contributed by atoms with Crippen molar-refractivity contribution in [2.45, 2.75) is 12.5 Å². The lowest BCUT2D eigenvalue weighted by Crippen LogP contribution is -2.49. The van der Waals surface area contributed by atoms with Crippen molar-refractivity contribution in [2.24, 2.45) is 0 Å². The summed E-state index contributed by atoms with van der Waals surface area (Å²) in [6, 6.07) is 5.43. The molecule has 0 aliphatic carbocycles. The molecule has 0 spiro atoms. The zero-order chi connectivity index (χ0) is 10.7. The fraction of sp³-hybridized carbons (Fsp3) is 0.455. The van der Waals surface area contributed by atoms with Gasteiger partial charge >= 0.3 is 0 Å². The van der Waals surface area contributed by atoms with Gasteiger partial charge in [0, 0.05) is 30.1 Å². The van der Waals surface area contributed by atoms with Crippen molar-refractivity contribution in [2.75, 3.05) is 19.6 Å². The lowest BCUT2D eigenvalue weighted by molar-refractivity contribution is 0.412. The molecule has 0 bridgehead atoms. The summed E-state index contributed by atoms with van der Waals surface area (Å²) in [5.74, 6) is -0.120. The van der Waals surface area contributed by atoms with Gasteiger partial charge in [0.25, 0.3) is 0 Å². The molecule has 2 rings (SSSR count). The Morgan fingerprint density at radius 2 is 2.27 bits per heavy atom. The van der Waals surface area contributed by atoms with Crippen LogP contribution in [0, 0.1) is 5.82 Å². The van der Waals surface area contributed by atoms with Gasteiger partial charge in [-0.15, -0.1) is 0 Å². The van der Waals surface area contributed by atoms with E-state index >= 15 is 0 Å². The minimum atomic E-state index is -0.120. The molecule has 1 aliphatic rings. The molecule has 1 saturated heterocycles. The highest BCUT2D eigenvalue weighted by Gasteiger charge is 2.14. The highest BCUT2D eigenvalue weighted by atomic mass is 79.9. The van der Waals surface area contributed by atoms with E-state index in [1.807, 2.05) is 6.07 Å². The summed E-state index contributed by atoms with van der Waals surface area (Å²) in [4.78, 5) is 0. The van der Waals surface area contributed by atoms with Crippen LogP contribution in [-0.2, 0) is 6.42 Å². The van der Waals surface area contributed by atoms with Crippen LogP contribution in [0.15, 0.2) is 22.7 Å². The Balaban J connectivity index is 2.05. The Kier molecular flexibility index (Phi) is 3.72. The van der Waals surface area contributed by atoms with Gasteiger partial charge in [0.15, 0.2) is 0 Å². The molecule has 1 aromatic carbocycles. The predicted molar refractivity (Wildman–Crippen MR) is 62.5 cm³/mol. The first-order valence-corrected chi connectivity index (χ1v) is 5.93. The molecule has 2 nitrogen and oxygen atoms in total. The maximum absolute atomic E-state index is 13.5. The lowest BCUT2D eigenvalue weighted by Gasteiger charge is -2.24. The van der Waals surface area contributed by atoms with Crippen LogP contribution in [0.4, 0.5) is 4.39 Å². The number of hydrogen-bond donors (Lipinski definition) is 2. The number of piperazine rings is 1. The SMILES string of the molecule is Fc1ccc(Br)cc1CC1CNCCN1. The van der Waals surface area contributed by atoms with Gasteiger partial charge in [0.1, 0.15) is 5.82 Å². The summed E-state index contributed by atoms with van der Waals surface area (Å²) in [7, 11) is 0. The van der Waals surface area contributed by atoms with E-state index in [1.165, 1.54) is 6.07 Å². The number of benzene rings is 1. The Labute approximate surface area is 97.4 Å². The molecule has 1 unspecified atom stereocenters. The Morgan fingerprint density at radius 3 is 3.00 bits per heavy atom. The van der Waals surface area contributed by atoms with Crippen molar-refractivity contribution in [3.05, 3.63) is 34.1 Å². The van der Waals surface area contributed by atoms with Crippen LogP contribution < -0.4 is 10.6 Å². The fourth-order valence-electron chi connectivity index (χ4n) is 1.82. The van der Waals surface area contributed by atoms with Crippen molar-refractivity contribution in [1.29, 1.82) is 0 Å². The highest BCUT2D eigenvalue weighted by molar-refractivity contribution is 9.10. The van der Waals surface area contributed by atoms with E-state index in [-0.39, 0.29) is 5.82 Å². The Hall–Kier alpha value is -0.450. The first-order valence-electron chi connectivity index (χ1n) is 5.14. The summed E-state index contributed by atoms with van der Waals surface area (Å²) < 4.78 is 14.4. The minimum absolute atomic E-state index is 0.120. The van der Waals surface area contributed by atoms with E-state index in [9.17, 15) is 4.39 Å². The quantitative estimate of drug-likeness (QED) is 0.857. The molecular formula is C11H14BrFN2. The highest BCUT2D eigenvalue weighted by Crippen LogP contribution is 2.17. The molecule has 0 aromatic heterocycles. The van der Waals surface area contributed by atoms with Crippen LogP contribution in [0.3, 0.4) is 0 Å². The lowest BCUT2D eigenvalue weighted by atomic mass is 10.0. The molecule has 1 aromatic rings. The van der Waals surface area contributed by atoms with E-state index in [0.717, 1.165) is 36.1 Å². The minimum Gasteiger partial charge on any atom is -0.314 e. The molecule has 1 fully saturated rings. The molecule has 1 atom stereocenters. The third kappa shape index (κ3) is 3.00. The van der Waals surface area contributed by atoms with Gasteiger partial charge in [-0.05, 0) is 30.2 Å². The molecule has 2 N–H and O–H groups in total. The van der Waals surface area contributed by atoms with Crippen LogP contribution in [0.5, 0.6) is 0 Å². The average molecular weight is 273 g/mol. The molecular weight excluding hydrogens is 259 g/mol. The van der Waals surface area contributed by atoms with Crippen molar-refractivity contribution in [3.8, 4) is 0 Å². The van der Waals surface area contributed by atoms with Gasteiger partial charge in [-0.1, -0.05) is 15.9 Å². The second kappa shape index (κ2) is 5.05. The van der Waals surface area contributed by atoms with E-state index in [1.54, 1.807) is 6.07 Å². The number of nitrogens with one attached hydrogen (secondary N) is 2. The smallest absolute Gasteiger partial charge is 0.126 e. The second-order valence-corrected chi connectivity index (χ2v) is 4.71. The van der Waals surface area contributed by atoms with Crippen molar-refractivity contribution in [3.63, 3.8) is 0 Å². The van der Waals surface area contributed by atoms with Gasteiger partial charge in [-0.3, -0.25) is 0 Å². The van der Waals surface area contributed by atoms with Gasteiger partial charge in [0.2, 0.25) is 0 Å². The zero-order valence-corrected chi connectivity index (χ0v) is 9.98. The van der Waals surface area contributed by atoms with Crippen LogP contribution in [0.25, 0.3) is 0 Å². The topological polar surface area (TPSA) is 24.1 Å². The molecule has 1 heterocycles. The third-order valence-corrected chi connectivity index (χ3v) is 3.09.